The standard InChI is InChI=1S/C15H17N5O2/c21-14(17-12-6-7-12)10-20-9-13(8-16-20)19-15(22)18-11-4-2-1-3-5-11/h1-5,8-9,12H,6-7,10H2,(H,17,21)(H2,18,19,22). The quantitative estimate of drug-likeness (QED) is 0.786. The van der Waals surface area contributed by atoms with Gasteiger partial charge in [0, 0.05) is 17.9 Å². The molecular weight excluding hydrogens is 282 g/mol. The van der Waals surface area contributed by atoms with E-state index in [9.17, 15) is 9.59 Å². The largest absolute Gasteiger partial charge is 0.352 e. The summed E-state index contributed by atoms with van der Waals surface area (Å²) in [6.45, 7) is 0.151. The fourth-order valence-corrected chi connectivity index (χ4v) is 1.98. The first kappa shape index (κ1) is 14.1. The highest BCUT2D eigenvalue weighted by atomic mass is 16.2. The summed E-state index contributed by atoms with van der Waals surface area (Å²) < 4.78 is 1.50. The minimum absolute atomic E-state index is 0.0640. The summed E-state index contributed by atoms with van der Waals surface area (Å²) in [5.74, 6) is -0.0640. The summed E-state index contributed by atoms with van der Waals surface area (Å²) in [4.78, 5) is 23.5. The van der Waals surface area contributed by atoms with Crippen LogP contribution in [0.3, 0.4) is 0 Å². The molecular formula is C15H17N5O2. The molecule has 114 valence electrons. The lowest BCUT2D eigenvalue weighted by Gasteiger charge is -2.05. The van der Waals surface area contributed by atoms with E-state index in [1.807, 2.05) is 18.2 Å². The number of anilines is 2. The predicted molar refractivity (Wildman–Crippen MR) is 82.5 cm³/mol. The molecule has 3 amide bonds. The van der Waals surface area contributed by atoms with Crippen LogP contribution in [0.2, 0.25) is 0 Å². The van der Waals surface area contributed by atoms with Gasteiger partial charge in [-0.15, -0.1) is 0 Å². The first-order chi connectivity index (χ1) is 10.7. The molecule has 1 aromatic carbocycles. The monoisotopic (exact) mass is 299 g/mol. The van der Waals surface area contributed by atoms with Gasteiger partial charge in [0.1, 0.15) is 6.54 Å². The van der Waals surface area contributed by atoms with Crippen molar-refractivity contribution in [2.24, 2.45) is 0 Å². The van der Waals surface area contributed by atoms with Gasteiger partial charge in [0.2, 0.25) is 5.91 Å². The van der Waals surface area contributed by atoms with Gasteiger partial charge < -0.3 is 16.0 Å². The third-order valence-electron chi connectivity index (χ3n) is 3.17. The summed E-state index contributed by atoms with van der Waals surface area (Å²) in [6, 6.07) is 9.12. The molecule has 22 heavy (non-hydrogen) atoms. The highest BCUT2D eigenvalue weighted by Gasteiger charge is 2.23. The molecule has 0 saturated heterocycles. The second-order valence-electron chi connectivity index (χ2n) is 5.21. The number of nitrogens with one attached hydrogen (secondary N) is 3. The molecule has 7 nitrogen and oxygen atoms in total. The van der Waals surface area contributed by atoms with Crippen molar-refractivity contribution in [2.45, 2.75) is 25.4 Å². The van der Waals surface area contributed by atoms with Crippen molar-refractivity contribution >= 4 is 23.3 Å². The summed E-state index contributed by atoms with van der Waals surface area (Å²) in [5.41, 5.74) is 1.24. The number of nitrogens with zero attached hydrogens (tertiary/aromatic N) is 2. The molecule has 0 unspecified atom stereocenters. The minimum Gasteiger partial charge on any atom is -0.352 e. The van der Waals surface area contributed by atoms with Crippen LogP contribution in [-0.4, -0.2) is 27.8 Å². The lowest BCUT2D eigenvalue weighted by Crippen LogP contribution is -2.29. The van der Waals surface area contributed by atoms with Crippen molar-refractivity contribution in [3.63, 3.8) is 0 Å². The lowest BCUT2D eigenvalue weighted by molar-refractivity contribution is -0.122. The molecule has 7 heteroatoms. The summed E-state index contributed by atoms with van der Waals surface area (Å²) in [6.07, 6.45) is 5.24. The number of carbonyl (C=O) groups excluding carboxylic acids is 2. The Kier molecular flexibility index (Phi) is 4.04. The second kappa shape index (κ2) is 6.30. The first-order valence-electron chi connectivity index (χ1n) is 7.14. The molecule has 1 heterocycles. The maximum Gasteiger partial charge on any atom is 0.323 e. The van der Waals surface area contributed by atoms with E-state index in [-0.39, 0.29) is 18.5 Å². The molecule has 3 N–H and O–H groups in total. The Bertz CT molecular complexity index is 664. The Balaban J connectivity index is 1.50. The smallest absolute Gasteiger partial charge is 0.323 e. The van der Waals surface area contributed by atoms with E-state index in [1.54, 1.807) is 18.3 Å². The number of benzene rings is 1. The van der Waals surface area contributed by atoms with E-state index in [0.29, 0.717) is 17.4 Å². The van der Waals surface area contributed by atoms with E-state index in [4.69, 9.17) is 0 Å². The maximum atomic E-state index is 11.8. The number of urea groups is 1. The summed E-state index contributed by atoms with van der Waals surface area (Å²) >= 11 is 0. The molecule has 1 aliphatic carbocycles. The Morgan fingerprint density at radius 3 is 2.59 bits per heavy atom. The van der Waals surface area contributed by atoms with E-state index in [2.05, 4.69) is 21.0 Å². The molecule has 0 spiro atoms. The summed E-state index contributed by atoms with van der Waals surface area (Å²) in [7, 11) is 0. The van der Waals surface area contributed by atoms with Crippen LogP contribution in [0, 0.1) is 0 Å². The molecule has 0 radical (unpaired) electrons. The van der Waals surface area contributed by atoms with Crippen LogP contribution >= 0.6 is 0 Å². The van der Waals surface area contributed by atoms with Crippen LogP contribution in [-0.2, 0) is 11.3 Å². The Hall–Kier alpha value is -2.83. The third-order valence-corrected chi connectivity index (χ3v) is 3.17. The van der Waals surface area contributed by atoms with E-state index >= 15 is 0 Å². The van der Waals surface area contributed by atoms with Gasteiger partial charge in [-0.05, 0) is 25.0 Å². The number of hydrogen-bond acceptors (Lipinski definition) is 3. The van der Waals surface area contributed by atoms with Crippen LogP contribution in [0.1, 0.15) is 12.8 Å². The maximum absolute atomic E-state index is 11.8. The fourth-order valence-electron chi connectivity index (χ4n) is 1.98. The van der Waals surface area contributed by atoms with Crippen molar-refractivity contribution in [1.82, 2.24) is 15.1 Å². The first-order valence-corrected chi connectivity index (χ1v) is 7.14. The molecule has 1 fully saturated rings. The van der Waals surface area contributed by atoms with Crippen LogP contribution in [0.25, 0.3) is 0 Å². The molecule has 0 aliphatic heterocycles. The Morgan fingerprint density at radius 1 is 1.14 bits per heavy atom. The Morgan fingerprint density at radius 2 is 1.86 bits per heavy atom. The van der Waals surface area contributed by atoms with Crippen LogP contribution in [0.15, 0.2) is 42.7 Å². The van der Waals surface area contributed by atoms with Crippen LogP contribution in [0.5, 0.6) is 0 Å². The van der Waals surface area contributed by atoms with Gasteiger partial charge in [0.05, 0.1) is 11.9 Å². The van der Waals surface area contributed by atoms with Crippen LogP contribution < -0.4 is 16.0 Å². The third kappa shape index (κ3) is 4.08. The SMILES string of the molecule is O=C(Cn1cc(NC(=O)Nc2ccccc2)cn1)NC1CC1. The predicted octanol–water partition coefficient (Wildman–Crippen LogP) is 1.81. The number of hydrogen-bond donors (Lipinski definition) is 3. The zero-order valence-electron chi connectivity index (χ0n) is 12.0. The van der Waals surface area contributed by atoms with E-state index in [0.717, 1.165) is 12.8 Å². The number of carbonyl (C=O) groups is 2. The Labute approximate surface area is 127 Å². The van der Waals surface area contributed by atoms with Gasteiger partial charge in [0.15, 0.2) is 0 Å². The molecule has 0 atom stereocenters. The van der Waals surface area contributed by atoms with Crippen molar-refractivity contribution in [2.75, 3.05) is 10.6 Å². The van der Waals surface area contributed by atoms with Gasteiger partial charge in [-0.2, -0.15) is 5.10 Å². The highest BCUT2D eigenvalue weighted by Crippen LogP contribution is 2.18. The molecule has 1 aromatic heterocycles. The van der Waals surface area contributed by atoms with Gasteiger partial charge in [-0.1, -0.05) is 18.2 Å². The summed E-state index contributed by atoms with van der Waals surface area (Å²) in [5, 5.41) is 12.3. The molecule has 0 bridgehead atoms. The zero-order chi connectivity index (χ0) is 15.4. The number of para-hydroxylation sites is 1. The van der Waals surface area contributed by atoms with E-state index in [1.165, 1.54) is 10.9 Å². The van der Waals surface area contributed by atoms with Crippen molar-refractivity contribution in [1.29, 1.82) is 0 Å². The number of aromatic nitrogens is 2. The topological polar surface area (TPSA) is 88.1 Å². The normalized spacial score (nSPS) is 13.5. The highest BCUT2D eigenvalue weighted by molar-refractivity contribution is 5.99. The van der Waals surface area contributed by atoms with Crippen molar-refractivity contribution in [3.8, 4) is 0 Å². The zero-order valence-corrected chi connectivity index (χ0v) is 12.0. The molecule has 1 saturated carbocycles. The van der Waals surface area contributed by atoms with Crippen molar-refractivity contribution < 1.29 is 9.59 Å². The van der Waals surface area contributed by atoms with Crippen LogP contribution in [0.4, 0.5) is 16.2 Å². The van der Waals surface area contributed by atoms with Crippen molar-refractivity contribution in [3.05, 3.63) is 42.7 Å². The lowest BCUT2D eigenvalue weighted by atomic mass is 10.3. The molecule has 2 aromatic rings. The van der Waals surface area contributed by atoms with Gasteiger partial charge in [0.25, 0.3) is 0 Å². The van der Waals surface area contributed by atoms with Gasteiger partial charge in [-0.25, -0.2) is 4.79 Å². The average Bonchev–Trinajstić information content (AvgIpc) is 3.19. The molecule has 1 aliphatic rings. The molecule has 3 rings (SSSR count). The average molecular weight is 299 g/mol. The van der Waals surface area contributed by atoms with Gasteiger partial charge >= 0.3 is 6.03 Å². The van der Waals surface area contributed by atoms with E-state index < -0.39 is 0 Å². The second-order valence-corrected chi connectivity index (χ2v) is 5.21. The number of amides is 3. The minimum atomic E-state index is -0.354. The fraction of sp³-hybridized carbons (Fsp3) is 0.267. The van der Waals surface area contributed by atoms with Gasteiger partial charge in [-0.3, -0.25) is 9.48 Å². The number of rotatable bonds is 5.